The summed E-state index contributed by atoms with van der Waals surface area (Å²) in [4.78, 5) is 21.7. The van der Waals surface area contributed by atoms with Crippen molar-refractivity contribution in [2.75, 3.05) is 11.9 Å². The van der Waals surface area contributed by atoms with Gasteiger partial charge in [0.1, 0.15) is 12.3 Å². The van der Waals surface area contributed by atoms with Crippen LogP contribution in [0.2, 0.25) is 0 Å². The van der Waals surface area contributed by atoms with Crippen molar-refractivity contribution in [3.05, 3.63) is 24.3 Å². The van der Waals surface area contributed by atoms with Crippen LogP contribution in [-0.2, 0) is 4.79 Å². The van der Waals surface area contributed by atoms with Gasteiger partial charge in [-0.05, 0) is 26.0 Å². The molecule has 0 saturated heterocycles. The first-order valence-electron chi connectivity index (χ1n) is 5.51. The molecule has 1 rings (SSSR count). The van der Waals surface area contributed by atoms with Crippen molar-refractivity contribution in [3.63, 3.8) is 0 Å². The molecule has 2 amide bonds. The summed E-state index contributed by atoms with van der Waals surface area (Å²) in [6.45, 7) is 3.32. The molecule has 0 atom stereocenters. The van der Waals surface area contributed by atoms with Crippen LogP contribution < -0.4 is 15.4 Å². The van der Waals surface area contributed by atoms with Gasteiger partial charge in [0.15, 0.2) is 0 Å². The SMILES string of the molecule is CC(C)Oc1ccccc1NC(=O)NCC(=O)O. The maximum absolute atomic E-state index is 11.4. The highest BCUT2D eigenvalue weighted by Gasteiger charge is 2.09. The van der Waals surface area contributed by atoms with E-state index in [0.29, 0.717) is 11.4 Å². The van der Waals surface area contributed by atoms with Crippen LogP contribution in [0.5, 0.6) is 5.75 Å². The van der Waals surface area contributed by atoms with E-state index in [1.54, 1.807) is 24.3 Å². The Morgan fingerprint density at radius 1 is 1.33 bits per heavy atom. The number of carbonyl (C=O) groups is 2. The zero-order chi connectivity index (χ0) is 13.5. The van der Waals surface area contributed by atoms with E-state index in [1.807, 2.05) is 13.8 Å². The van der Waals surface area contributed by atoms with Crippen LogP contribution in [0.15, 0.2) is 24.3 Å². The summed E-state index contributed by atoms with van der Waals surface area (Å²) in [5.41, 5.74) is 0.495. The molecule has 1 aromatic rings. The number of hydrogen-bond acceptors (Lipinski definition) is 3. The number of benzene rings is 1. The number of nitrogens with one attached hydrogen (secondary N) is 2. The summed E-state index contributed by atoms with van der Waals surface area (Å²) in [5, 5.41) is 13.2. The number of carbonyl (C=O) groups excluding carboxylic acids is 1. The quantitative estimate of drug-likeness (QED) is 0.744. The van der Waals surface area contributed by atoms with E-state index < -0.39 is 18.5 Å². The molecule has 0 aliphatic carbocycles. The number of aliphatic carboxylic acids is 1. The lowest BCUT2D eigenvalue weighted by atomic mass is 10.3. The van der Waals surface area contributed by atoms with Gasteiger partial charge in [0.05, 0.1) is 11.8 Å². The third-order valence-corrected chi connectivity index (χ3v) is 1.90. The Hall–Kier alpha value is -2.24. The van der Waals surface area contributed by atoms with Gasteiger partial charge in [-0.1, -0.05) is 12.1 Å². The van der Waals surface area contributed by atoms with Gasteiger partial charge in [0.2, 0.25) is 0 Å². The van der Waals surface area contributed by atoms with Gasteiger partial charge >= 0.3 is 12.0 Å². The first kappa shape index (κ1) is 13.8. The van der Waals surface area contributed by atoms with Crippen LogP contribution in [0.4, 0.5) is 10.5 Å². The molecule has 0 radical (unpaired) electrons. The van der Waals surface area contributed by atoms with Crippen LogP contribution in [0.25, 0.3) is 0 Å². The van der Waals surface area contributed by atoms with Crippen LogP contribution in [0.1, 0.15) is 13.8 Å². The summed E-state index contributed by atoms with van der Waals surface area (Å²) in [6, 6.07) is 6.36. The highest BCUT2D eigenvalue weighted by Crippen LogP contribution is 2.24. The third-order valence-electron chi connectivity index (χ3n) is 1.90. The fourth-order valence-corrected chi connectivity index (χ4v) is 1.25. The van der Waals surface area contributed by atoms with E-state index in [-0.39, 0.29) is 6.10 Å². The predicted octanol–water partition coefficient (Wildman–Crippen LogP) is 1.68. The largest absolute Gasteiger partial charge is 0.489 e. The Balaban J connectivity index is 2.65. The number of hydrogen-bond donors (Lipinski definition) is 3. The van der Waals surface area contributed by atoms with E-state index in [9.17, 15) is 9.59 Å². The molecule has 1 aromatic carbocycles. The third kappa shape index (κ3) is 4.73. The predicted molar refractivity (Wildman–Crippen MR) is 66.9 cm³/mol. The van der Waals surface area contributed by atoms with Gasteiger partial charge in [-0.15, -0.1) is 0 Å². The van der Waals surface area contributed by atoms with Crippen molar-refractivity contribution in [2.24, 2.45) is 0 Å². The fraction of sp³-hybridized carbons (Fsp3) is 0.333. The maximum atomic E-state index is 11.4. The van der Waals surface area contributed by atoms with Gasteiger partial charge in [0.25, 0.3) is 0 Å². The van der Waals surface area contributed by atoms with Crippen LogP contribution in [0, 0.1) is 0 Å². The fourth-order valence-electron chi connectivity index (χ4n) is 1.25. The van der Waals surface area contributed by atoms with Crippen molar-refractivity contribution in [1.29, 1.82) is 0 Å². The van der Waals surface area contributed by atoms with E-state index >= 15 is 0 Å². The minimum atomic E-state index is -1.10. The molecule has 98 valence electrons. The van der Waals surface area contributed by atoms with Crippen molar-refractivity contribution in [2.45, 2.75) is 20.0 Å². The first-order valence-corrected chi connectivity index (χ1v) is 5.51. The molecule has 3 N–H and O–H groups in total. The minimum absolute atomic E-state index is 0.0185. The molecule has 6 nitrogen and oxygen atoms in total. The first-order chi connectivity index (χ1) is 8.49. The number of carboxylic acid groups (broad SMARTS) is 1. The van der Waals surface area contributed by atoms with E-state index in [4.69, 9.17) is 9.84 Å². The second kappa shape index (κ2) is 6.48. The Labute approximate surface area is 105 Å². The molecule has 0 aliphatic rings. The number of ether oxygens (including phenoxy) is 1. The lowest BCUT2D eigenvalue weighted by molar-refractivity contribution is -0.135. The lowest BCUT2D eigenvalue weighted by Crippen LogP contribution is -2.33. The standard InChI is InChI=1S/C12H16N2O4/c1-8(2)18-10-6-4-3-5-9(10)14-12(17)13-7-11(15)16/h3-6,8H,7H2,1-2H3,(H,15,16)(H2,13,14,17). The molecule has 18 heavy (non-hydrogen) atoms. The van der Waals surface area contributed by atoms with Crippen molar-refractivity contribution >= 4 is 17.7 Å². The number of urea groups is 1. The van der Waals surface area contributed by atoms with Gasteiger partial charge in [0, 0.05) is 0 Å². The Morgan fingerprint density at radius 3 is 2.61 bits per heavy atom. The summed E-state index contributed by atoms with van der Waals surface area (Å²) >= 11 is 0. The normalized spacial score (nSPS) is 9.94. The topological polar surface area (TPSA) is 87.7 Å². The lowest BCUT2D eigenvalue weighted by Gasteiger charge is -2.14. The van der Waals surface area contributed by atoms with Gasteiger partial charge in [-0.2, -0.15) is 0 Å². The van der Waals surface area contributed by atoms with Gasteiger partial charge in [-0.25, -0.2) is 4.79 Å². The van der Waals surface area contributed by atoms with E-state index in [1.165, 1.54) is 0 Å². The molecule has 0 fully saturated rings. The number of anilines is 1. The second-order valence-electron chi connectivity index (χ2n) is 3.86. The Bertz CT molecular complexity index is 432. The molecule has 0 aromatic heterocycles. The maximum Gasteiger partial charge on any atom is 0.323 e. The van der Waals surface area contributed by atoms with E-state index in [0.717, 1.165) is 0 Å². The highest BCUT2D eigenvalue weighted by molar-refractivity contribution is 5.92. The van der Waals surface area contributed by atoms with Crippen LogP contribution in [0.3, 0.4) is 0 Å². The summed E-state index contributed by atoms with van der Waals surface area (Å²) in [5.74, 6) is -0.560. The molecular weight excluding hydrogens is 236 g/mol. The van der Waals surface area contributed by atoms with Crippen molar-refractivity contribution in [1.82, 2.24) is 5.32 Å². The molecule has 6 heteroatoms. The highest BCUT2D eigenvalue weighted by atomic mass is 16.5. The number of para-hydroxylation sites is 2. The van der Waals surface area contributed by atoms with Crippen LogP contribution >= 0.6 is 0 Å². The van der Waals surface area contributed by atoms with Crippen LogP contribution in [-0.4, -0.2) is 29.8 Å². The molecule has 0 aliphatic heterocycles. The summed E-state index contributed by atoms with van der Waals surface area (Å²) < 4.78 is 5.51. The molecule has 0 saturated carbocycles. The second-order valence-corrected chi connectivity index (χ2v) is 3.86. The Kier molecular flexibility index (Phi) is 4.98. The molecule has 0 unspecified atom stereocenters. The van der Waals surface area contributed by atoms with Gasteiger partial charge in [-0.3, -0.25) is 4.79 Å². The molecule has 0 spiro atoms. The molecular formula is C12H16N2O4. The summed E-state index contributed by atoms with van der Waals surface area (Å²) in [6.07, 6.45) is -0.0185. The monoisotopic (exact) mass is 252 g/mol. The molecule has 0 heterocycles. The minimum Gasteiger partial charge on any atom is -0.489 e. The van der Waals surface area contributed by atoms with Crippen molar-refractivity contribution < 1.29 is 19.4 Å². The smallest absolute Gasteiger partial charge is 0.323 e. The van der Waals surface area contributed by atoms with E-state index in [2.05, 4.69) is 10.6 Å². The zero-order valence-corrected chi connectivity index (χ0v) is 10.3. The number of rotatable bonds is 5. The zero-order valence-electron chi connectivity index (χ0n) is 10.3. The average molecular weight is 252 g/mol. The van der Waals surface area contributed by atoms with Crippen molar-refractivity contribution in [3.8, 4) is 5.75 Å². The number of carboxylic acids is 1. The average Bonchev–Trinajstić information content (AvgIpc) is 2.28. The molecule has 0 bridgehead atoms. The number of amides is 2. The Morgan fingerprint density at radius 2 is 2.00 bits per heavy atom. The summed E-state index contributed by atoms with van der Waals surface area (Å²) in [7, 11) is 0. The van der Waals surface area contributed by atoms with Gasteiger partial charge < -0.3 is 20.5 Å².